The number of halogens is 2. The van der Waals surface area contributed by atoms with Crippen molar-refractivity contribution >= 4 is 54.0 Å². The first-order valence-electron chi connectivity index (χ1n) is 11.8. The van der Waals surface area contributed by atoms with Gasteiger partial charge in [0.2, 0.25) is 0 Å². The van der Waals surface area contributed by atoms with Gasteiger partial charge in [0.05, 0.1) is 22.4 Å². The van der Waals surface area contributed by atoms with Gasteiger partial charge in [0.25, 0.3) is 0 Å². The number of rotatable bonds is 6. The van der Waals surface area contributed by atoms with E-state index in [0.717, 1.165) is 64.8 Å². The van der Waals surface area contributed by atoms with Crippen LogP contribution in [0.2, 0.25) is 0 Å². The fourth-order valence-electron chi connectivity index (χ4n) is 4.03. The minimum absolute atomic E-state index is 0.880. The molecule has 0 fully saturated rings. The summed E-state index contributed by atoms with van der Waals surface area (Å²) in [5, 5.41) is 0. The highest BCUT2D eigenvalue weighted by atomic mass is 79.9. The van der Waals surface area contributed by atoms with Gasteiger partial charge in [0.1, 0.15) is 0 Å². The van der Waals surface area contributed by atoms with Crippen LogP contribution in [0.4, 0.5) is 0 Å². The average Bonchev–Trinajstić information content (AvgIpc) is 2.90. The SMILES string of the molecule is C/C(Br)=C\C=C(/C)c1ccc(/C(C)=C/C=C(\C)Br)c2nc(-c3ccccc3)c(-c3ccccc3)nc12. The maximum Gasteiger partial charge on any atom is 0.0976 e. The molecule has 0 spiro atoms. The van der Waals surface area contributed by atoms with E-state index in [2.05, 4.69) is 106 Å². The molecule has 36 heavy (non-hydrogen) atoms. The van der Waals surface area contributed by atoms with Crippen molar-refractivity contribution in [3.8, 4) is 22.5 Å². The van der Waals surface area contributed by atoms with E-state index in [0.29, 0.717) is 0 Å². The van der Waals surface area contributed by atoms with Crippen LogP contribution in [0.1, 0.15) is 38.8 Å². The van der Waals surface area contributed by atoms with Crippen LogP contribution in [0.3, 0.4) is 0 Å². The molecule has 0 aliphatic heterocycles. The average molecular weight is 600 g/mol. The molecule has 0 atom stereocenters. The predicted molar refractivity (Wildman–Crippen MR) is 163 cm³/mol. The lowest BCUT2D eigenvalue weighted by atomic mass is 9.96. The molecular weight excluding hydrogens is 572 g/mol. The van der Waals surface area contributed by atoms with Crippen molar-refractivity contribution in [1.29, 1.82) is 0 Å². The minimum Gasteiger partial charge on any atom is -0.243 e. The lowest BCUT2D eigenvalue weighted by molar-refractivity contribution is 1.28. The van der Waals surface area contributed by atoms with Crippen molar-refractivity contribution in [2.75, 3.05) is 0 Å². The van der Waals surface area contributed by atoms with Gasteiger partial charge in [-0.15, -0.1) is 0 Å². The summed E-state index contributed by atoms with van der Waals surface area (Å²) in [5.41, 5.74) is 10.0. The van der Waals surface area contributed by atoms with Crippen LogP contribution in [0.15, 0.2) is 106 Å². The summed E-state index contributed by atoms with van der Waals surface area (Å²) in [6.45, 7) is 8.29. The van der Waals surface area contributed by atoms with Gasteiger partial charge >= 0.3 is 0 Å². The number of nitrogens with zero attached hydrogens (tertiary/aromatic N) is 2. The van der Waals surface area contributed by atoms with Gasteiger partial charge in [-0.3, -0.25) is 0 Å². The van der Waals surface area contributed by atoms with Crippen LogP contribution in [0.25, 0.3) is 44.7 Å². The Labute approximate surface area is 230 Å². The molecule has 0 saturated carbocycles. The van der Waals surface area contributed by atoms with Gasteiger partial charge in [-0.25, -0.2) is 9.97 Å². The molecule has 0 aliphatic rings. The van der Waals surface area contributed by atoms with Crippen LogP contribution >= 0.6 is 31.9 Å². The van der Waals surface area contributed by atoms with Crippen LogP contribution in [-0.2, 0) is 0 Å². The Hall–Kier alpha value is -3.08. The van der Waals surface area contributed by atoms with E-state index in [1.54, 1.807) is 0 Å². The molecule has 2 nitrogen and oxygen atoms in total. The van der Waals surface area contributed by atoms with Crippen molar-refractivity contribution < 1.29 is 0 Å². The van der Waals surface area contributed by atoms with Crippen molar-refractivity contribution in [1.82, 2.24) is 9.97 Å². The number of hydrogen-bond donors (Lipinski definition) is 0. The Kier molecular flexibility index (Phi) is 8.50. The topological polar surface area (TPSA) is 25.8 Å². The number of fused-ring (bicyclic) bond motifs is 1. The Morgan fingerprint density at radius 1 is 0.528 bits per heavy atom. The van der Waals surface area contributed by atoms with E-state index in [1.807, 2.05) is 50.2 Å². The maximum atomic E-state index is 5.32. The first-order valence-corrected chi connectivity index (χ1v) is 13.4. The predicted octanol–water partition coefficient (Wildman–Crippen LogP) is 10.4. The normalized spacial score (nSPS) is 13.4. The minimum atomic E-state index is 0.880. The first kappa shape index (κ1) is 26.0. The number of allylic oxidation sites excluding steroid dienone is 8. The Balaban J connectivity index is 2.11. The monoisotopic (exact) mass is 598 g/mol. The summed E-state index contributed by atoms with van der Waals surface area (Å²) in [6.07, 6.45) is 8.36. The number of hydrogen-bond acceptors (Lipinski definition) is 2. The largest absolute Gasteiger partial charge is 0.243 e. The molecule has 4 aromatic rings. The molecule has 4 rings (SSSR count). The zero-order valence-electron chi connectivity index (χ0n) is 20.9. The van der Waals surface area contributed by atoms with Crippen molar-refractivity contribution in [2.24, 2.45) is 0 Å². The fourth-order valence-corrected chi connectivity index (χ4v) is 4.29. The summed E-state index contributed by atoms with van der Waals surface area (Å²) >= 11 is 7.07. The Morgan fingerprint density at radius 3 is 1.22 bits per heavy atom. The quantitative estimate of drug-likeness (QED) is 0.206. The lowest BCUT2D eigenvalue weighted by Gasteiger charge is -2.16. The molecule has 0 amide bonds. The molecule has 0 radical (unpaired) electrons. The van der Waals surface area contributed by atoms with Crippen LogP contribution < -0.4 is 0 Å². The highest BCUT2D eigenvalue weighted by Gasteiger charge is 2.18. The van der Waals surface area contributed by atoms with Crippen molar-refractivity contribution in [3.05, 3.63) is 117 Å². The third kappa shape index (κ3) is 6.00. The maximum absolute atomic E-state index is 5.32. The van der Waals surface area contributed by atoms with E-state index >= 15 is 0 Å². The van der Waals surface area contributed by atoms with Crippen LogP contribution in [0.5, 0.6) is 0 Å². The van der Waals surface area contributed by atoms with Gasteiger partial charge < -0.3 is 0 Å². The molecule has 180 valence electrons. The Bertz CT molecular complexity index is 1390. The van der Waals surface area contributed by atoms with E-state index in [4.69, 9.17) is 9.97 Å². The summed E-state index contributed by atoms with van der Waals surface area (Å²) < 4.78 is 2.14. The third-order valence-corrected chi connectivity index (χ3v) is 6.42. The highest BCUT2D eigenvalue weighted by Crippen LogP contribution is 2.36. The summed E-state index contributed by atoms with van der Waals surface area (Å²) in [6, 6.07) is 24.9. The van der Waals surface area contributed by atoms with Gasteiger partial charge in [0, 0.05) is 22.3 Å². The molecule has 4 heteroatoms. The Morgan fingerprint density at radius 2 is 0.889 bits per heavy atom. The van der Waals surface area contributed by atoms with Gasteiger partial charge in [0.15, 0.2) is 0 Å². The summed E-state index contributed by atoms with van der Waals surface area (Å²) in [4.78, 5) is 10.6. The number of benzene rings is 3. The third-order valence-electron chi connectivity index (χ3n) is 5.89. The lowest BCUT2D eigenvalue weighted by Crippen LogP contribution is -2.00. The fraction of sp³-hybridized carbons (Fsp3) is 0.125. The second-order valence-electron chi connectivity index (χ2n) is 8.72. The van der Waals surface area contributed by atoms with Gasteiger partial charge in [-0.2, -0.15) is 0 Å². The van der Waals surface area contributed by atoms with E-state index in [1.165, 1.54) is 0 Å². The van der Waals surface area contributed by atoms with Gasteiger partial charge in [-0.05, 0) is 47.8 Å². The van der Waals surface area contributed by atoms with Crippen LogP contribution in [-0.4, -0.2) is 9.97 Å². The molecule has 3 aromatic carbocycles. The molecule has 0 N–H and O–H groups in total. The molecule has 0 bridgehead atoms. The van der Waals surface area contributed by atoms with Crippen LogP contribution in [0, 0.1) is 0 Å². The molecule has 0 saturated heterocycles. The van der Waals surface area contributed by atoms with E-state index in [9.17, 15) is 0 Å². The zero-order valence-corrected chi connectivity index (χ0v) is 24.1. The van der Waals surface area contributed by atoms with Gasteiger partial charge in [-0.1, -0.05) is 129 Å². The highest BCUT2D eigenvalue weighted by molar-refractivity contribution is 9.12. The molecular formula is C32H28Br2N2. The standard InChI is InChI=1S/C32H28Br2N2/c1-21(15-17-23(3)33)27-19-20-28(22(2)16-18-24(4)34)32-31(27)35-29(25-11-7-5-8-12-25)30(36-32)26-13-9-6-10-14-26/h5-20H,1-4H3/b21-15+,22-16+,23-17+,24-18+. The molecule has 1 aromatic heterocycles. The summed E-state index contributed by atoms with van der Waals surface area (Å²) in [7, 11) is 0. The molecule has 1 heterocycles. The zero-order chi connectivity index (χ0) is 25.7. The number of aromatic nitrogens is 2. The second kappa shape index (κ2) is 11.8. The smallest absolute Gasteiger partial charge is 0.0976 e. The van der Waals surface area contributed by atoms with E-state index < -0.39 is 0 Å². The van der Waals surface area contributed by atoms with Crippen molar-refractivity contribution in [3.63, 3.8) is 0 Å². The molecule has 0 aliphatic carbocycles. The van der Waals surface area contributed by atoms with E-state index in [-0.39, 0.29) is 0 Å². The summed E-state index contributed by atoms with van der Waals surface area (Å²) in [5.74, 6) is 0. The second-order valence-corrected chi connectivity index (χ2v) is 11.2. The first-order chi connectivity index (χ1) is 17.3. The molecule has 0 unspecified atom stereocenters. The van der Waals surface area contributed by atoms with Crippen molar-refractivity contribution in [2.45, 2.75) is 27.7 Å².